The highest BCUT2D eigenvalue weighted by Crippen LogP contribution is 2.20. The molecule has 2 rings (SSSR count). The molecule has 0 heterocycles. The smallest absolute Gasteiger partial charge is 0.258 e. The number of anilines is 2. The van der Waals surface area contributed by atoms with E-state index in [9.17, 15) is 18.0 Å². The van der Waals surface area contributed by atoms with Gasteiger partial charge in [-0.3, -0.25) is 4.79 Å². The maximum atomic E-state index is 13.4. The number of carbonyl (C=O) groups excluding carboxylic acids is 1. The molecule has 0 aliphatic carbocycles. The first-order valence-corrected chi connectivity index (χ1v) is 5.29. The van der Waals surface area contributed by atoms with Crippen molar-refractivity contribution in [1.82, 2.24) is 0 Å². The van der Waals surface area contributed by atoms with Crippen molar-refractivity contribution in [3.8, 4) is 0 Å². The number of carbonyl (C=O) groups is 1. The number of amides is 1. The number of benzene rings is 2. The van der Waals surface area contributed by atoms with Gasteiger partial charge in [0, 0.05) is 0 Å². The van der Waals surface area contributed by atoms with Gasteiger partial charge in [-0.2, -0.15) is 0 Å². The summed E-state index contributed by atoms with van der Waals surface area (Å²) in [6, 6.07) is 5.84. The minimum atomic E-state index is -0.908. The number of nitrogen functional groups attached to an aromatic ring is 1. The van der Waals surface area contributed by atoms with Gasteiger partial charge in [0.1, 0.15) is 17.5 Å². The average Bonchev–Trinajstić information content (AvgIpc) is 2.36. The number of nitrogens with one attached hydrogen (secondary N) is 1. The van der Waals surface area contributed by atoms with Crippen molar-refractivity contribution in [3.63, 3.8) is 0 Å². The van der Waals surface area contributed by atoms with Crippen LogP contribution in [0.1, 0.15) is 10.4 Å². The molecule has 0 saturated heterocycles. The summed E-state index contributed by atoms with van der Waals surface area (Å²) >= 11 is 0. The fourth-order valence-corrected chi connectivity index (χ4v) is 1.50. The third-order valence-electron chi connectivity index (χ3n) is 2.44. The Morgan fingerprint density at radius 2 is 1.63 bits per heavy atom. The summed E-state index contributed by atoms with van der Waals surface area (Å²) in [6.07, 6.45) is 0. The maximum Gasteiger partial charge on any atom is 0.258 e. The molecule has 2 aromatic carbocycles. The SMILES string of the molecule is Nc1ccc(F)cc1NC(=O)c1cc(F)ccc1F. The Kier molecular flexibility index (Phi) is 3.41. The summed E-state index contributed by atoms with van der Waals surface area (Å²) in [5.74, 6) is -3.15. The monoisotopic (exact) mass is 266 g/mol. The highest BCUT2D eigenvalue weighted by Gasteiger charge is 2.14. The van der Waals surface area contributed by atoms with Crippen LogP contribution < -0.4 is 11.1 Å². The zero-order valence-electron chi connectivity index (χ0n) is 9.58. The maximum absolute atomic E-state index is 13.4. The van der Waals surface area contributed by atoms with E-state index in [2.05, 4.69) is 5.32 Å². The van der Waals surface area contributed by atoms with Gasteiger partial charge in [-0.15, -0.1) is 0 Å². The van der Waals surface area contributed by atoms with Gasteiger partial charge in [0.15, 0.2) is 0 Å². The van der Waals surface area contributed by atoms with E-state index in [1.54, 1.807) is 0 Å². The standard InChI is InChI=1S/C13H9F3N2O/c14-7-1-3-10(16)9(5-7)13(19)18-12-6-8(15)2-4-11(12)17/h1-6H,17H2,(H,18,19). The van der Waals surface area contributed by atoms with Crippen molar-refractivity contribution in [1.29, 1.82) is 0 Å². The third-order valence-corrected chi connectivity index (χ3v) is 2.44. The van der Waals surface area contributed by atoms with Crippen molar-refractivity contribution in [2.24, 2.45) is 0 Å². The first-order chi connectivity index (χ1) is 8.97. The Morgan fingerprint density at radius 1 is 1.00 bits per heavy atom. The van der Waals surface area contributed by atoms with Crippen LogP contribution in [0.4, 0.5) is 24.5 Å². The number of hydrogen-bond acceptors (Lipinski definition) is 2. The second kappa shape index (κ2) is 5.01. The Morgan fingerprint density at radius 3 is 2.37 bits per heavy atom. The second-order valence-corrected chi connectivity index (χ2v) is 3.81. The van der Waals surface area contributed by atoms with Crippen LogP contribution in [0, 0.1) is 17.5 Å². The Labute approximate surface area is 106 Å². The molecule has 0 bridgehead atoms. The van der Waals surface area contributed by atoms with Gasteiger partial charge in [0.25, 0.3) is 5.91 Å². The van der Waals surface area contributed by atoms with Crippen LogP contribution in [-0.4, -0.2) is 5.91 Å². The molecule has 2 aromatic rings. The summed E-state index contributed by atoms with van der Waals surface area (Å²) in [4.78, 5) is 11.8. The van der Waals surface area contributed by atoms with Gasteiger partial charge >= 0.3 is 0 Å². The second-order valence-electron chi connectivity index (χ2n) is 3.81. The minimum Gasteiger partial charge on any atom is -0.397 e. The molecule has 0 radical (unpaired) electrons. The van der Waals surface area contributed by atoms with E-state index in [0.29, 0.717) is 0 Å². The van der Waals surface area contributed by atoms with Gasteiger partial charge in [0.05, 0.1) is 16.9 Å². The van der Waals surface area contributed by atoms with E-state index in [4.69, 9.17) is 5.73 Å². The molecule has 0 unspecified atom stereocenters. The molecule has 1 amide bonds. The third kappa shape index (κ3) is 2.85. The number of nitrogens with two attached hydrogens (primary N) is 1. The summed E-state index contributed by atoms with van der Waals surface area (Å²) in [7, 11) is 0. The molecule has 3 nitrogen and oxygen atoms in total. The quantitative estimate of drug-likeness (QED) is 0.821. The summed E-state index contributed by atoms with van der Waals surface area (Å²) in [6.45, 7) is 0. The Hall–Kier alpha value is -2.50. The van der Waals surface area contributed by atoms with Crippen molar-refractivity contribution in [2.45, 2.75) is 0 Å². The first kappa shape index (κ1) is 12.9. The van der Waals surface area contributed by atoms with Gasteiger partial charge in [-0.05, 0) is 36.4 Å². The Balaban J connectivity index is 2.30. The predicted octanol–water partition coefficient (Wildman–Crippen LogP) is 2.94. The van der Waals surface area contributed by atoms with E-state index in [0.717, 1.165) is 30.3 Å². The molecule has 0 aromatic heterocycles. The topological polar surface area (TPSA) is 55.1 Å². The lowest BCUT2D eigenvalue weighted by atomic mass is 10.2. The summed E-state index contributed by atoms with van der Waals surface area (Å²) < 4.78 is 39.3. The normalized spacial score (nSPS) is 10.3. The van der Waals surface area contributed by atoms with Crippen LogP contribution in [0.3, 0.4) is 0 Å². The lowest BCUT2D eigenvalue weighted by Crippen LogP contribution is -2.15. The van der Waals surface area contributed by atoms with Crippen molar-refractivity contribution in [3.05, 3.63) is 59.4 Å². The zero-order chi connectivity index (χ0) is 14.0. The minimum absolute atomic E-state index is 0.00587. The number of rotatable bonds is 2. The van der Waals surface area contributed by atoms with Gasteiger partial charge in [0.2, 0.25) is 0 Å². The van der Waals surface area contributed by atoms with E-state index in [-0.39, 0.29) is 11.4 Å². The van der Waals surface area contributed by atoms with E-state index in [1.807, 2.05) is 0 Å². The van der Waals surface area contributed by atoms with Gasteiger partial charge in [-0.1, -0.05) is 0 Å². The molecule has 6 heteroatoms. The molecular formula is C13H9F3N2O. The van der Waals surface area contributed by atoms with Crippen LogP contribution in [0.2, 0.25) is 0 Å². The van der Waals surface area contributed by atoms with Crippen LogP contribution in [-0.2, 0) is 0 Å². The lowest BCUT2D eigenvalue weighted by molar-refractivity contribution is 0.102. The molecule has 0 spiro atoms. The molecule has 19 heavy (non-hydrogen) atoms. The zero-order valence-corrected chi connectivity index (χ0v) is 9.58. The molecule has 0 aliphatic rings. The van der Waals surface area contributed by atoms with Crippen LogP contribution >= 0.6 is 0 Å². The lowest BCUT2D eigenvalue weighted by Gasteiger charge is -2.08. The summed E-state index contributed by atoms with van der Waals surface area (Å²) in [5, 5.41) is 2.22. The van der Waals surface area contributed by atoms with Crippen LogP contribution in [0.15, 0.2) is 36.4 Å². The Bertz CT molecular complexity index is 644. The molecule has 98 valence electrons. The molecular weight excluding hydrogens is 257 g/mol. The molecule has 0 fully saturated rings. The molecule has 0 atom stereocenters. The van der Waals surface area contributed by atoms with Crippen molar-refractivity contribution >= 4 is 17.3 Å². The van der Waals surface area contributed by atoms with Crippen molar-refractivity contribution in [2.75, 3.05) is 11.1 Å². The summed E-state index contributed by atoms with van der Waals surface area (Å²) in [5.41, 5.74) is 5.16. The van der Waals surface area contributed by atoms with E-state index < -0.39 is 28.9 Å². The average molecular weight is 266 g/mol. The van der Waals surface area contributed by atoms with Crippen LogP contribution in [0.5, 0.6) is 0 Å². The number of hydrogen-bond donors (Lipinski definition) is 2. The van der Waals surface area contributed by atoms with E-state index >= 15 is 0 Å². The molecule has 0 aliphatic heterocycles. The molecule has 0 saturated carbocycles. The van der Waals surface area contributed by atoms with Gasteiger partial charge in [-0.25, -0.2) is 13.2 Å². The highest BCUT2D eigenvalue weighted by atomic mass is 19.1. The van der Waals surface area contributed by atoms with Gasteiger partial charge < -0.3 is 11.1 Å². The molecule has 3 N–H and O–H groups in total. The largest absolute Gasteiger partial charge is 0.397 e. The predicted molar refractivity (Wildman–Crippen MR) is 65.1 cm³/mol. The number of halogens is 3. The van der Waals surface area contributed by atoms with E-state index in [1.165, 1.54) is 6.07 Å². The van der Waals surface area contributed by atoms with Crippen LogP contribution in [0.25, 0.3) is 0 Å². The van der Waals surface area contributed by atoms with Crippen molar-refractivity contribution < 1.29 is 18.0 Å². The fraction of sp³-hybridized carbons (Fsp3) is 0. The fourth-order valence-electron chi connectivity index (χ4n) is 1.50. The first-order valence-electron chi connectivity index (χ1n) is 5.29. The highest BCUT2D eigenvalue weighted by molar-refractivity contribution is 6.05.